The molecular weight excluding hydrogens is 228 g/mol. The standard InChI is InChI=1S/C9H10N4O2S/c14-9(15)6-1-7(16-4-6)2-10-3-8-11-5-12-13-8/h1,4-5,10H,2-3H2,(H,14,15)(H,11,12,13). The van der Waals surface area contributed by atoms with Gasteiger partial charge >= 0.3 is 5.97 Å². The molecule has 0 amide bonds. The molecule has 16 heavy (non-hydrogen) atoms. The average Bonchev–Trinajstić information content (AvgIpc) is 2.87. The second-order valence-electron chi connectivity index (χ2n) is 3.14. The predicted octanol–water partition coefficient (Wildman–Crippen LogP) is 0.854. The van der Waals surface area contributed by atoms with Crippen LogP contribution in [0.1, 0.15) is 21.1 Å². The van der Waals surface area contributed by atoms with E-state index in [9.17, 15) is 4.79 Å². The van der Waals surface area contributed by atoms with Crippen molar-refractivity contribution in [2.45, 2.75) is 13.1 Å². The molecule has 0 aliphatic heterocycles. The summed E-state index contributed by atoms with van der Waals surface area (Å²) >= 11 is 1.43. The molecule has 2 aromatic rings. The van der Waals surface area contributed by atoms with Crippen LogP contribution in [0.3, 0.4) is 0 Å². The van der Waals surface area contributed by atoms with Crippen molar-refractivity contribution in [3.63, 3.8) is 0 Å². The third-order valence-corrected chi connectivity index (χ3v) is 2.89. The number of hydrogen-bond acceptors (Lipinski definition) is 5. The fraction of sp³-hybridized carbons (Fsp3) is 0.222. The van der Waals surface area contributed by atoms with Crippen LogP contribution >= 0.6 is 11.3 Å². The molecule has 0 unspecified atom stereocenters. The molecule has 0 bridgehead atoms. The molecule has 0 radical (unpaired) electrons. The number of hydrogen-bond donors (Lipinski definition) is 3. The van der Waals surface area contributed by atoms with Crippen LogP contribution in [0, 0.1) is 0 Å². The fourth-order valence-corrected chi connectivity index (χ4v) is 2.03. The molecule has 0 fully saturated rings. The second kappa shape index (κ2) is 4.86. The molecule has 7 heteroatoms. The number of thiophene rings is 1. The van der Waals surface area contributed by atoms with Gasteiger partial charge in [-0.2, -0.15) is 5.10 Å². The summed E-state index contributed by atoms with van der Waals surface area (Å²) in [5, 5.41) is 20.0. The van der Waals surface area contributed by atoms with Gasteiger partial charge in [0.1, 0.15) is 12.2 Å². The van der Waals surface area contributed by atoms with E-state index in [1.807, 2.05) is 0 Å². The first-order chi connectivity index (χ1) is 7.75. The molecule has 0 saturated carbocycles. The number of rotatable bonds is 5. The fourth-order valence-electron chi connectivity index (χ4n) is 1.21. The number of aromatic carboxylic acids is 1. The molecule has 6 nitrogen and oxygen atoms in total. The van der Waals surface area contributed by atoms with Gasteiger partial charge in [-0.1, -0.05) is 0 Å². The Hall–Kier alpha value is -1.73. The molecule has 2 heterocycles. The van der Waals surface area contributed by atoms with Crippen molar-refractivity contribution < 1.29 is 9.90 Å². The van der Waals surface area contributed by atoms with Crippen LogP contribution in [0.5, 0.6) is 0 Å². The second-order valence-corrected chi connectivity index (χ2v) is 4.14. The number of carboxylic acids is 1. The lowest BCUT2D eigenvalue weighted by molar-refractivity contribution is 0.0697. The zero-order valence-electron chi connectivity index (χ0n) is 8.30. The van der Waals surface area contributed by atoms with Crippen LogP contribution in [0.15, 0.2) is 17.8 Å². The summed E-state index contributed by atoms with van der Waals surface area (Å²) in [6.07, 6.45) is 1.45. The number of carbonyl (C=O) groups is 1. The minimum absolute atomic E-state index is 0.335. The quantitative estimate of drug-likeness (QED) is 0.718. The number of nitrogens with zero attached hydrogens (tertiary/aromatic N) is 2. The van der Waals surface area contributed by atoms with Crippen molar-refractivity contribution in [2.24, 2.45) is 0 Å². The summed E-state index contributed by atoms with van der Waals surface area (Å²) in [4.78, 5) is 15.6. The predicted molar refractivity (Wildman–Crippen MR) is 58.2 cm³/mol. The molecular formula is C9H10N4O2S. The summed E-state index contributed by atoms with van der Waals surface area (Å²) in [7, 11) is 0. The Morgan fingerprint density at radius 1 is 1.56 bits per heavy atom. The maximum absolute atomic E-state index is 10.6. The van der Waals surface area contributed by atoms with Gasteiger partial charge in [-0.25, -0.2) is 9.78 Å². The van der Waals surface area contributed by atoms with E-state index in [1.54, 1.807) is 11.4 Å². The average molecular weight is 238 g/mol. The van der Waals surface area contributed by atoms with Gasteiger partial charge in [0.2, 0.25) is 0 Å². The Labute approximate surface area is 95.3 Å². The first-order valence-electron chi connectivity index (χ1n) is 4.61. The highest BCUT2D eigenvalue weighted by Crippen LogP contribution is 2.14. The van der Waals surface area contributed by atoms with Crippen LogP contribution in [0.25, 0.3) is 0 Å². The Bertz CT molecular complexity index is 466. The Balaban J connectivity index is 1.83. The first kappa shape index (κ1) is 10.8. The van der Waals surface area contributed by atoms with E-state index in [1.165, 1.54) is 17.7 Å². The summed E-state index contributed by atoms with van der Waals surface area (Å²) in [6.45, 7) is 1.21. The highest BCUT2D eigenvalue weighted by molar-refractivity contribution is 7.10. The van der Waals surface area contributed by atoms with E-state index >= 15 is 0 Å². The molecule has 0 saturated heterocycles. The minimum atomic E-state index is -0.891. The lowest BCUT2D eigenvalue weighted by Gasteiger charge is -1.98. The van der Waals surface area contributed by atoms with Gasteiger partial charge in [0.25, 0.3) is 0 Å². The van der Waals surface area contributed by atoms with Crippen LogP contribution in [0.2, 0.25) is 0 Å². The zero-order chi connectivity index (χ0) is 11.4. The van der Waals surface area contributed by atoms with Gasteiger partial charge in [-0.15, -0.1) is 11.3 Å². The van der Waals surface area contributed by atoms with Crippen LogP contribution in [-0.4, -0.2) is 26.3 Å². The van der Waals surface area contributed by atoms with E-state index in [-0.39, 0.29) is 0 Å². The van der Waals surface area contributed by atoms with Gasteiger partial charge < -0.3 is 10.4 Å². The maximum Gasteiger partial charge on any atom is 0.336 e. The Kier molecular flexibility index (Phi) is 3.28. The molecule has 0 aliphatic carbocycles. The summed E-state index contributed by atoms with van der Waals surface area (Å²) in [5.74, 6) is -0.132. The van der Waals surface area contributed by atoms with Crippen molar-refractivity contribution in [1.82, 2.24) is 20.5 Å². The number of nitrogens with one attached hydrogen (secondary N) is 2. The zero-order valence-corrected chi connectivity index (χ0v) is 9.12. The van der Waals surface area contributed by atoms with Crippen molar-refractivity contribution in [3.8, 4) is 0 Å². The Morgan fingerprint density at radius 2 is 2.44 bits per heavy atom. The third-order valence-electron chi connectivity index (χ3n) is 1.96. The largest absolute Gasteiger partial charge is 0.478 e. The summed E-state index contributed by atoms with van der Waals surface area (Å²) < 4.78 is 0. The van der Waals surface area contributed by atoms with E-state index < -0.39 is 5.97 Å². The van der Waals surface area contributed by atoms with Crippen LogP contribution in [-0.2, 0) is 13.1 Å². The molecule has 0 spiro atoms. The summed E-state index contributed by atoms with van der Waals surface area (Å²) in [5.41, 5.74) is 0.335. The van der Waals surface area contributed by atoms with Gasteiger partial charge in [0, 0.05) is 16.8 Å². The van der Waals surface area contributed by atoms with Crippen molar-refractivity contribution in [3.05, 3.63) is 34.0 Å². The van der Waals surface area contributed by atoms with E-state index in [2.05, 4.69) is 20.5 Å². The lowest BCUT2D eigenvalue weighted by Crippen LogP contribution is -2.12. The molecule has 2 rings (SSSR count). The van der Waals surface area contributed by atoms with E-state index in [4.69, 9.17) is 5.11 Å². The van der Waals surface area contributed by atoms with Crippen molar-refractivity contribution >= 4 is 17.3 Å². The molecule has 0 aromatic carbocycles. The monoisotopic (exact) mass is 238 g/mol. The van der Waals surface area contributed by atoms with Crippen LogP contribution in [0.4, 0.5) is 0 Å². The molecule has 2 aromatic heterocycles. The smallest absolute Gasteiger partial charge is 0.336 e. The number of carboxylic acid groups (broad SMARTS) is 1. The normalized spacial score (nSPS) is 10.5. The minimum Gasteiger partial charge on any atom is -0.478 e. The van der Waals surface area contributed by atoms with E-state index in [0.29, 0.717) is 18.7 Å². The number of aromatic nitrogens is 3. The highest BCUT2D eigenvalue weighted by atomic mass is 32.1. The van der Waals surface area contributed by atoms with E-state index in [0.717, 1.165) is 10.7 Å². The summed E-state index contributed by atoms with van der Waals surface area (Å²) in [6, 6.07) is 1.67. The third kappa shape index (κ3) is 2.65. The maximum atomic E-state index is 10.6. The van der Waals surface area contributed by atoms with Gasteiger partial charge in [-0.05, 0) is 6.07 Å². The van der Waals surface area contributed by atoms with Crippen molar-refractivity contribution in [2.75, 3.05) is 0 Å². The lowest BCUT2D eigenvalue weighted by atomic mass is 10.3. The molecule has 3 N–H and O–H groups in total. The van der Waals surface area contributed by atoms with Gasteiger partial charge in [-0.3, -0.25) is 5.10 Å². The van der Waals surface area contributed by atoms with Gasteiger partial charge in [0.15, 0.2) is 0 Å². The highest BCUT2D eigenvalue weighted by Gasteiger charge is 2.06. The first-order valence-corrected chi connectivity index (χ1v) is 5.49. The molecule has 0 aliphatic rings. The number of aromatic amines is 1. The van der Waals surface area contributed by atoms with Crippen molar-refractivity contribution in [1.29, 1.82) is 0 Å². The molecule has 0 atom stereocenters. The Morgan fingerprint density at radius 3 is 3.06 bits per heavy atom. The molecule has 84 valence electrons. The topological polar surface area (TPSA) is 90.9 Å². The van der Waals surface area contributed by atoms with Gasteiger partial charge in [0.05, 0.1) is 12.1 Å². The SMILES string of the molecule is O=C(O)c1csc(CNCc2ncn[nH]2)c1. The van der Waals surface area contributed by atoms with Crippen LogP contribution < -0.4 is 5.32 Å². The number of H-pyrrole nitrogens is 1.